The highest BCUT2D eigenvalue weighted by atomic mass is 16.5. The lowest BCUT2D eigenvalue weighted by molar-refractivity contribution is 0.407. The zero-order chi connectivity index (χ0) is 12.5. The molecule has 1 nitrogen and oxygen atoms in total. The molecule has 3 rings (SSSR count). The second kappa shape index (κ2) is 4.34. The quantitative estimate of drug-likeness (QED) is 0.710. The molecule has 1 heteroatoms. The van der Waals surface area contributed by atoms with Gasteiger partial charge in [0.05, 0.1) is 7.11 Å². The summed E-state index contributed by atoms with van der Waals surface area (Å²) in [6.45, 7) is 3.98. The Bertz CT molecular complexity index is 598. The minimum absolute atomic E-state index is 0.339. The number of hydrogen-bond acceptors (Lipinski definition) is 1. The molecule has 2 aromatic rings. The summed E-state index contributed by atoms with van der Waals surface area (Å²) in [6.07, 6.45) is 3.03. The van der Waals surface area contributed by atoms with Crippen molar-refractivity contribution in [1.82, 2.24) is 0 Å². The van der Waals surface area contributed by atoms with E-state index in [1.165, 1.54) is 22.3 Å². The molecule has 0 bridgehead atoms. The van der Waals surface area contributed by atoms with Crippen molar-refractivity contribution in [3.05, 3.63) is 66.2 Å². The Morgan fingerprint density at radius 1 is 1.11 bits per heavy atom. The van der Waals surface area contributed by atoms with Crippen LogP contribution in [0.1, 0.15) is 17.0 Å². The number of benzene rings is 2. The van der Waals surface area contributed by atoms with Crippen LogP contribution < -0.4 is 4.74 Å². The van der Waals surface area contributed by atoms with Crippen molar-refractivity contribution >= 4 is 0 Å². The fourth-order valence-corrected chi connectivity index (χ4v) is 2.84. The van der Waals surface area contributed by atoms with Gasteiger partial charge in [-0.3, -0.25) is 0 Å². The number of hydrogen-bond donors (Lipinski definition) is 0. The van der Waals surface area contributed by atoms with Crippen LogP contribution in [-0.2, 0) is 6.42 Å². The Morgan fingerprint density at radius 3 is 2.67 bits per heavy atom. The summed E-state index contributed by atoms with van der Waals surface area (Å²) >= 11 is 0. The van der Waals surface area contributed by atoms with Gasteiger partial charge in [-0.2, -0.15) is 0 Å². The van der Waals surface area contributed by atoms with Crippen molar-refractivity contribution in [3.8, 4) is 16.9 Å². The molecule has 0 saturated carbocycles. The van der Waals surface area contributed by atoms with Crippen LogP contribution in [-0.4, -0.2) is 7.11 Å². The van der Waals surface area contributed by atoms with Gasteiger partial charge in [-0.25, -0.2) is 0 Å². The smallest absolute Gasteiger partial charge is 0.123 e. The Hall–Kier alpha value is -2.02. The van der Waals surface area contributed by atoms with E-state index >= 15 is 0 Å². The molecule has 0 N–H and O–H groups in total. The zero-order valence-electron chi connectivity index (χ0n) is 10.5. The number of ether oxygens (including phenoxy) is 1. The molecule has 0 radical (unpaired) electrons. The highest BCUT2D eigenvalue weighted by molar-refractivity contribution is 5.76. The van der Waals surface area contributed by atoms with Gasteiger partial charge in [0.15, 0.2) is 0 Å². The molecule has 0 aromatic heterocycles. The van der Waals surface area contributed by atoms with Crippen LogP contribution in [0.15, 0.2) is 55.1 Å². The fraction of sp³-hybridized carbons (Fsp3) is 0.176. The maximum absolute atomic E-state index is 5.51. The molecule has 0 aliphatic heterocycles. The minimum Gasteiger partial charge on any atom is -0.496 e. The average molecular weight is 236 g/mol. The Labute approximate surface area is 108 Å². The largest absolute Gasteiger partial charge is 0.496 e. The molecule has 0 fully saturated rings. The van der Waals surface area contributed by atoms with Crippen molar-refractivity contribution in [2.24, 2.45) is 0 Å². The molecule has 18 heavy (non-hydrogen) atoms. The van der Waals surface area contributed by atoms with Crippen LogP contribution in [0.3, 0.4) is 0 Å². The molecule has 1 unspecified atom stereocenters. The van der Waals surface area contributed by atoms with Crippen molar-refractivity contribution < 1.29 is 4.74 Å². The highest BCUT2D eigenvalue weighted by Crippen LogP contribution is 2.44. The third-order valence-electron chi connectivity index (χ3n) is 3.69. The van der Waals surface area contributed by atoms with Gasteiger partial charge >= 0.3 is 0 Å². The van der Waals surface area contributed by atoms with Crippen molar-refractivity contribution in [1.29, 1.82) is 0 Å². The summed E-state index contributed by atoms with van der Waals surface area (Å²) < 4.78 is 5.51. The predicted molar refractivity (Wildman–Crippen MR) is 75.1 cm³/mol. The molecule has 0 heterocycles. The number of rotatable bonds is 2. The lowest BCUT2D eigenvalue weighted by atomic mass is 9.78. The van der Waals surface area contributed by atoms with Gasteiger partial charge in [0.2, 0.25) is 0 Å². The summed E-state index contributed by atoms with van der Waals surface area (Å²) in [7, 11) is 1.73. The van der Waals surface area contributed by atoms with E-state index in [-0.39, 0.29) is 0 Å². The topological polar surface area (TPSA) is 9.23 Å². The van der Waals surface area contributed by atoms with Gasteiger partial charge in [0, 0.05) is 11.5 Å². The summed E-state index contributed by atoms with van der Waals surface area (Å²) in [6, 6.07) is 14.8. The van der Waals surface area contributed by atoms with Gasteiger partial charge in [-0.05, 0) is 29.2 Å². The molecule has 1 aliphatic rings. The van der Waals surface area contributed by atoms with Gasteiger partial charge in [-0.15, -0.1) is 6.58 Å². The molecule has 0 spiro atoms. The van der Waals surface area contributed by atoms with E-state index in [4.69, 9.17) is 4.74 Å². The average Bonchev–Trinajstić information content (AvgIpc) is 2.45. The van der Waals surface area contributed by atoms with E-state index in [1.54, 1.807) is 7.11 Å². The van der Waals surface area contributed by atoms with E-state index in [2.05, 4.69) is 43.0 Å². The normalized spacial score (nSPS) is 16.6. The van der Waals surface area contributed by atoms with Gasteiger partial charge in [0.1, 0.15) is 5.75 Å². The van der Waals surface area contributed by atoms with Crippen molar-refractivity contribution in [2.75, 3.05) is 7.11 Å². The monoisotopic (exact) mass is 236 g/mol. The maximum atomic E-state index is 5.51. The van der Waals surface area contributed by atoms with Crippen LogP contribution in [0.2, 0.25) is 0 Å². The molecule has 2 aromatic carbocycles. The number of allylic oxidation sites excluding steroid dienone is 1. The van der Waals surface area contributed by atoms with E-state index in [1.807, 2.05) is 12.1 Å². The van der Waals surface area contributed by atoms with E-state index < -0.39 is 0 Å². The lowest BCUT2D eigenvalue weighted by Gasteiger charge is -2.27. The first kappa shape index (κ1) is 11.1. The predicted octanol–water partition coefficient (Wildman–Crippen LogP) is 4.19. The number of fused-ring (bicyclic) bond motifs is 3. The summed E-state index contributed by atoms with van der Waals surface area (Å²) in [4.78, 5) is 0. The van der Waals surface area contributed by atoms with E-state index in [9.17, 15) is 0 Å². The minimum atomic E-state index is 0.339. The molecule has 90 valence electrons. The van der Waals surface area contributed by atoms with Crippen LogP contribution in [0.25, 0.3) is 11.1 Å². The summed E-state index contributed by atoms with van der Waals surface area (Å²) in [5, 5.41) is 0. The van der Waals surface area contributed by atoms with Crippen LogP contribution in [0.4, 0.5) is 0 Å². The first-order chi connectivity index (χ1) is 8.85. The van der Waals surface area contributed by atoms with E-state index in [0.29, 0.717) is 5.92 Å². The van der Waals surface area contributed by atoms with Crippen molar-refractivity contribution in [2.45, 2.75) is 12.3 Å². The third kappa shape index (κ3) is 1.55. The second-order valence-electron chi connectivity index (χ2n) is 4.62. The molecule has 0 saturated heterocycles. The molecular formula is C17H16O. The summed E-state index contributed by atoms with van der Waals surface area (Å²) in [5.41, 5.74) is 5.27. The van der Waals surface area contributed by atoms with Crippen LogP contribution in [0.5, 0.6) is 5.75 Å². The van der Waals surface area contributed by atoms with E-state index in [0.717, 1.165) is 12.2 Å². The van der Waals surface area contributed by atoms with Crippen LogP contribution in [0, 0.1) is 0 Å². The summed E-state index contributed by atoms with van der Waals surface area (Å²) in [5.74, 6) is 1.30. The standard InChI is InChI=1S/C17H16O/c1-3-12-11-13-7-4-5-8-14(13)15-9-6-10-16(18-2)17(12)15/h3-10,12H,1,11H2,2H3. The molecule has 1 aliphatic carbocycles. The number of methoxy groups -OCH3 is 1. The zero-order valence-corrected chi connectivity index (χ0v) is 10.5. The first-order valence-corrected chi connectivity index (χ1v) is 6.23. The lowest BCUT2D eigenvalue weighted by Crippen LogP contribution is -2.10. The molecule has 0 amide bonds. The van der Waals surface area contributed by atoms with Gasteiger partial charge in [0.25, 0.3) is 0 Å². The Kier molecular flexibility index (Phi) is 2.67. The van der Waals surface area contributed by atoms with Gasteiger partial charge < -0.3 is 4.74 Å². The fourth-order valence-electron chi connectivity index (χ4n) is 2.84. The van der Waals surface area contributed by atoms with Crippen molar-refractivity contribution in [3.63, 3.8) is 0 Å². The molecular weight excluding hydrogens is 220 g/mol. The Morgan fingerprint density at radius 2 is 1.89 bits per heavy atom. The van der Waals surface area contributed by atoms with Gasteiger partial charge in [-0.1, -0.05) is 42.5 Å². The first-order valence-electron chi connectivity index (χ1n) is 6.23. The third-order valence-corrected chi connectivity index (χ3v) is 3.69. The second-order valence-corrected chi connectivity index (χ2v) is 4.62. The van der Waals surface area contributed by atoms with Crippen LogP contribution >= 0.6 is 0 Å². The SMILES string of the molecule is C=CC1Cc2ccccc2-c2cccc(OC)c21. The Balaban J connectivity index is 2.30. The maximum Gasteiger partial charge on any atom is 0.123 e. The molecule has 1 atom stereocenters. The highest BCUT2D eigenvalue weighted by Gasteiger charge is 2.25.